The van der Waals surface area contributed by atoms with Crippen molar-refractivity contribution >= 4 is 29.9 Å². The quantitative estimate of drug-likeness (QED) is 0.256. The van der Waals surface area contributed by atoms with Crippen LogP contribution < -0.4 is 10.6 Å². The molecule has 1 aliphatic rings. The van der Waals surface area contributed by atoms with Crippen LogP contribution in [-0.2, 0) is 4.74 Å². The van der Waals surface area contributed by atoms with Gasteiger partial charge in [-0.2, -0.15) is 0 Å². The van der Waals surface area contributed by atoms with Crippen molar-refractivity contribution in [3.05, 3.63) is 0 Å². The first-order chi connectivity index (χ1) is 10.1. The fraction of sp³-hybridized carbons (Fsp3) is 0.941. The van der Waals surface area contributed by atoms with Crippen molar-refractivity contribution in [2.24, 2.45) is 16.3 Å². The summed E-state index contributed by atoms with van der Waals surface area (Å²) in [5.41, 5.74) is 0.408. The summed E-state index contributed by atoms with van der Waals surface area (Å²) in [6, 6.07) is 0. The van der Waals surface area contributed by atoms with E-state index >= 15 is 0 Å². The SMILES string of the molecule is CCOCCC1(CNC(=NC)NCCC(C)C)CCCC1.I. The van der Waals surface area contributed by atoms with Gasteiger partial charge in [-0.05, 0) is 43.9 Å². The van der Waals surface area contributed by atoms with Crippen molar-refractivity contribution in [3.8, 4) is 0 Å². The highest BCUT2D eigenvalue weighted by atomic mass is 127. The zero-order chi connectivity index (χ0) is 15.6. The Morgan fingerprint density at radius 2 is 1.91 bits per heavy atom. The van der Waals surface area contributed by atoms with Gasteiger partial charge < -0.3 is 15.4 Å². The minimum absolute atomic E-state index is 0. The first kappa shape index (κ1) is 22.0. The standard InChI is InChI=1S/C17H35N3O.HI/c1-5-21-13-11-17(9-6-7-10-17)14-20-16(18-4)19-12-8-15(2)3;/h15H,5-14H2,1-4H3,(H2,18,19,20);1H. The van der Waals surface area contributed by atoms with Gasteiger partial charge in [0.05, 0.1) is 0 Å². The van der Waals surface area contributed by atoms with Crippen molar-refractivity contribution < 1.29 is 4.74 Å². The van der Waals surface area contributed by atoms with E-state index in [1.165, 1.54) is 32.1 Å². The number of nitrogens with zero attached hydrogens (tertiary/aromatic N) is 1. The summed E-state index contributed by atoms with van der Waals surface area (Å²) in [7, 11) is 1.85. The lowest BCUT2D eigenvalue weighted by Crippen LogP contribution is -2.43. The average molecular weight is 425 g/mol. The molecular formula is C17H36IN3O. The highest BCUT2D eigenvalue weighted by molar-refractivity contribution is 14.0. The Hall–Kier alpha value is -0.0400. The van der Waals surface area contributed by atoms with E-state index in [0.717, 1.165) is 44.6 Å². The second kappa shape index (κ2) is 12.4. The maximum Gasteiger partial charge on any atom is 0.190 e. The molecule has 1 fully saturated rings. The first-order valence-corrected chi connectivity index (χ1v) is 8.64. The number of ether oxygens (including phenoxy) is 1. The van der Waals surface area contributed by atoms with E-state index in [4.69, 9.17) is 4.74 Å². The van der Waals surface area contributed by atoms with Crippen LogP contribution >= 0.6 is 24.0 Å². The van der Waals surface area contributed by atoms with Crippen LogP contribution in [0.1, 0.15) is 59.3 Å². The molecule has 0 atom stereocenters. The molecule has 4 nitrogen and oxygen atoms in total. The van der Waals surface area contributed by atoms with Gasteiger partial charge in [0.1, 0.15) is 0 Å². The number of hydrogen-bond acceptors (Lipinski definition) is 2. The van der Waals surface area contributed by atoms with Gasteiger partial charge in [-0.15, -0.1) is 24.0 Å². The van der Waals surface area contributed by atoms with Crippen LogP contribution in [0.25, 0.3) is 0 Å². The van der Waals surface area contributed by atoms with Crippen LogP contribution in [0.3, 0.4) is 0 Å². The first-order valence-electron chi connectivity index (χ1n) is 8.64. The summed E-state index contributed by atoms with van der Waals surface area (Å²) in [4.78, 5) is 4.34. The highest BCUT2D eigenvalue weighted by Gasteiger charge is 2.33. The minimum atomic E-state index is 0. The molecule has 0 aromatic rings. The molecular weight excluding hydrogens is 389 g/mol. The molecule has 0 spiro atoms. The molecule has 0 amide bonds. The lowest BCUT2D eigenvalue weighted by Gasteiger charge is -2.30. The number of rotatable bonds is 9. The third kappa shape index (κ3) is 8.56. The van der Waals surface area contributed by atoms with Gasteiger partial charge >= 0.3 is 0 Å². The molecule has 0 radical (unpaired) electrons. The summed E-state index contributed by atoms with van der Waals surface area (Å²) in [5, 5.41) is 6.95. The third-order valence-electron chi connectivity index (χ3n) is 4.51. The number of nitrogens with one attached hydrogen (secondary N) is 2. The Morgan fingerprint density at radius 1 is 1.23 bits per heavy atom. The molecule has 0 aromatic carbocycles. The smallest absolute Gasteiger partial charge is 0.190 e. The fourth-order valence-electron chi connectivity index (χ4n) is 3.04. The molecule has 132 valence electrons. The molecule has 22 heavy (non-hydrogen) atoms. The maximum atomic E-state index is 5.57. The van der Waals surface area contributed by atoms with E-state index < -0.39 is 0 Å². The maximum absolute atomic E-state index is 5.57. The molecule has 1 rings (SSSR count). The van der Waals surface area contributed by atoms with Crippen molar-refractivity contribution in [1.82, 2.24) is 10.6 Å². The van der Waals surface area contributed by atoms with Gasteiger partial charge in [0, 0.05) is 33.4 Å². The second-order valence-corrected chi connectivity index (χ2v) is 6.69. The molecule has 0 unspecified atom stereocenters. The molecule has 0 heterocycles. The van der Waals surface area contributed by atoms with Crippen molar-refractivity contribution in [3.63, 3.8) is 0 Å². The van der Waals surface area contributed by atoms with Gasteiger partial charge in [-0.25, -0.2) is 0 Å². The summed E-state index contributed by atoms with van der Waals surface area (Å²) < 4.78 is 5.57. The van der Waals surface area contributed by atoms with E-state index in [9.17, 15) is 0 Å². The van der Waals surface area contributed by atoms with E-state index in [1.807, 2.05) is 7.05 Å². The van der Waals surface area contributed by atoms with Crippen molar-refractivity contribution in [2.75, 3.05) is 33.4 Å². The van der Waals surface area contributed by atoms with Crippen LogP contribution in [0.4, 0.5) is 0 Å². The van der Waals surface area contributed by atoms with Crippen LogP contribution in [0.5, 0.6) is 0 Å². The second-order valence-electron chi connectivity index (χ2n) is 6.69. The molecule has 1 saturated carbocycles. The van der Waals surface area contributed by atoms with E-state index in [0.29, 0.717) is 5.41 Å². The van der Waals surface area contributed by atoms with E-state index in [2.05, 4.69) is 36.4 Å². The summed E-state index contributed by atoms with van der Waals surface area (Å²) in [6.07, 6.45) is 7.68. The number of aliphatic imine (C=N–C) groups is 1. The average Bonchev–Trinajstić information content (AvgIpc) is 2.92. The van der Waals surface area contributed by atoms with Gasteiger partial charge in [0.15, 0.2) is 5.96 Å². The Kier molecular flexibility index (Phi) is 12.4. The molecule has 0 saturated heterocycles. The number of guanidine groups is 1. The monoisotopic (exact) mass is 425 g/mol. The Labute approximate surface area is 154 Å². The highest BCUT2D eigenvalue weighted by Crippen LogP contribution is 2.40. The molecule has 5 heteroatoms. The van der Waals surface area contributed by atoms with Crippen LogP contribution in [0.15, 0.2) is 4.99 Å². The predicted octanol–water partition coefficient (Wildman–Crippen LogP) is 3.80. The predicted molar refractivity (Wildman–Crippen MR) is 106 cm³/mol. The molecule has 0 aromatic heterocycles. The normalized spacial score (nSPS) is 17.4. The molecule has 0 bridgehead atoms. The van der Waals surface area contributed by atoms with Crippen molar-refractivity contribution in [1.29, 1.82) is 0 Å². The minimum Gasteiger partial charge on any atom is -0.382 e. The molecule has 0 aliphatic heterocycles. The van der Waals surface area contributed by atoms with Gasteiger partial charge in [-0.1, -0.05) is 26.7 Å². The number of hydrogen-bond donors (Lipinski definition) is 2. The zero-order valence-electron chi connectivity index (χ0n) is 14.9. The number of halogens is 1. The summed E-state index contributed by atoms with van der Waals surface area (Å²) >= 11 is 0. The van der Waals surface area contributed by atoms with E-state index in [1.54, 1.807) is 0 Å². The fourth-order valence-corrected chi connectivity index (χ4v) is 3.04. The van der Waals surface area contributed by atoms with Crippen LogP contribution in [-0.4, -0.2) is 39.3 Å². The Morgan fingerprint density at radius 3 is 2.45 bits per heavy atom. The zero-order valence-corrected chi connectivity index (χ0v) is 17.2. The van der Waals surface area contributed by atoms with Gasteiger partial charge in [0.25, 0.3) is 0 Å². The summed E-state index contributed by atoms with van der Waals surface area (Å²) in [5.74, 6) is 1.67. The van der Waals surface area contributed by atoms with Gasteiger partial charge in [-0.3, -0.25) is 4.99 Å². The van der Waals surface area contributed by atoms with Crippen molar-refractivity contribution in [2.45, 2.75) is 59.3 Å². The van der Waals surface area contributed by atoms with E-state index in [-0.39, 0.29) is 24.0 Å². The lowest BCUT2D eigenvalue weighted by atomic mass is 9.83. The summed E-state index contributed by atoms with van der Waals surface area (Å²) in [6.45, 7) is 10.3. The van der Waals surface area contributed by atoms with Crippen LogP contribution in [0.2, 0.25) is 0 Å². The largest absolute Gasteiger partial charge is 0.382 e. The van der Waals surface area contributed by atoms with Crippen LogP contribution in [0, 0.1) is 11.3 Å². The molecule has 1 aliphatic carbocycles. The topological polar surface area (TPSA) is 45.6 Å². The van der Waals surface area contributed by atoms with Gasteiger partial charge in [0.2, 0.25) is 0 Å². The Bertz CT molecular complexity index is 302. The third-order valence-corrected chi connectivity index (χ3v) is 4.51. The Balaban J connectivity index is 0.00000441. The molecule has 2 N–H and O–H groups in total. The lowest BCUT2D eigenvalue weighted by molar-refractivity contribution is 0.105.